The van der Waals surface area contributed by atoms with Gasteiger partial charge in [0.15, 0.2) is 0 Å². The summed E-state index contributed by atoms with van der Waals surface area (Å²) in [6.07, 6.45) is 2.76. The number of nitrogens with zero attached hydrogens (tertiary/aromatic N) is 1. The van der Waals surface area contributed by atoms with Crippen molar-refractivity contribution in [2.45, 2.75) is 19.3 Å². The summed E-state index contributed by atoms with van der Waals surface area (Å²) in [7, 11) is 4.50. The highest BCUT2D eigenvalue weighted by molar-refractivity contribution is 6.05. The molecule has 1 heterocycles. The van der Waals surface area contributed by atoms with Gasteiger partial charge in [0.05, 0.1) is 13.9 Å². The van der Waals surface area contributed by atoms with Gasteiger partial charge in [0.2, 0.25) is 0 Å². The Balaban J connectivity index is 0.00000117. The lowest BCUT2D eigenvalue weighted by Crippen LogP contribution is -2.39. The van der Waals surface area contributed by atoms with Gasteiger partial charge in [-0.25, -0.2) is 14.1 Å². The predicted molar refractivity (Wildman–Crippen MR) is 99.2 cm³/mol. The summed E-state index contributed by atoms with van der Waals surface area (Å²) >= 11 is 0. The van der Waals surface area contributed by atoms with E-state index in [1.165, 1.54) is 25.0 Å². The van der Waals surface area contributed by atoms with E-state index in [4.69, 9.17) is 4.74 Å². The lowest BCUT2D eigenvalue weighted by molar-refractivity contribution is -0.124. The molecule has 1 aliphatic rings. The highest BCUT2D eigenvalue weighted by Crippen LogP contribution is 2.18. The first-order valence-corrected chi connectivity index (χ1v) is 8.19. The van der Waals surface area contributed by atoms with Crippen molar-refractivity contribution in [2.75, 3.05) is 6.61 Å². The molecule has 0 aliphatic carbocycles. The number of cyclic esters (lactones) is 1. The van der Waals surface area contributed by atoms with Crippen LogP contribution in [0.1, 0.15) is 11.1 Å². The number of amides is 2. The molecule has 4 nitrogen and oxygen atoms in total. The van der Waals surface area contributed by atoms with E-state index in [1.54, 1.807) is 18.2 Å². The smallest absolute Gasteiger partial charge is 0.417 e. The molecule has 3 rings (SSSR count). The Morgan fingerprint density at radius 2 is 1.85 bits per heavy atom. The van der Waals surface area contributed by atoms with Crippen LogP contribution in [-0.4, -0.2) is 37.4 Å². The second kappa shape index (κ2) is 9.56. The minimum atomic E-state index is -0.635. The molecule has 0 aromatic heterocycles. The number of imide groups is 1. The summed E-state index contributed by atoms with van der Waals surface area (Å²) in [5.74, 6) is -0.785. The molecule has 2 radical (unpaired) electrons. The summed E-state index contributed by atoms with van der Waals surface area (Å²) in [6.45, 7) is 1.68. The van der Waals surface area contributed by atoms with Crippen LogP contribution in [0.3, 0.4) is 0 Å². The zero-order valence-electron chi connectivity index (χ0n) is 14.5. The highest BCUT2D eigenvalue weighted by atomic mass is 19.1. The van der Waals surface area contributed by atoms with Gasteiger partial charge in [-0.05, 0) is 35.8 Å². The van der Waals surface area contributed by atoms with E-state index in [2.05, 4.69) is 7.85 Å². The standard InChI is InChI=1S/C19H16FNO3.CH3B/c20-16-9-6-14(7-10-16)8-11-18(22)21-17(13-24-19(21)23)12-15-4-2-1-3-5-15;1-2/h1-11,17H,12-13H2;1H3/b11-8+;. The number of rotatable bonds is 4. The Morgan fingerprint density at radius 1 is 1.19 bits per heavy atom. The molecule has 2 aromatic carbocycles. The zero-order valence-corrected chi connectivity index (χ0v) is 14.5. The number of hydrogen-bond donors (Lipinski definition) is 0. The fourth-order valence-corrected chi connectivity index (χ4v) is 2.59. The first kappa shape index (κ1) is 19.4. The molecule has 0 N–H and O–H groups in total. The van der Waals surface area contributed by atoms with Crippen molar-refractivity contribution >= 4 is 25.9 Å². The molecular weight excluding hydrogens is 332 g/mol. The molecule has 2 aromatic rings. The molecular formula is C20H19BFNO3. The monoisotopic (exact) mass is 351 g/mol. The summed E-state index contributed by atoms with van der Waals surface area (Å²) in [5.41, 5.74) is 1.71. The van der Waals surface area contributed by atoms with E-state index >= 15 is 0 Å². The van der Waals surface area contributed by atoms with Gasteiger partial charge >= 0.3 is 6.09 Å². The number of carbonyl (C=O) groups excluding carboxylic acids is 2. The van der Waals surface area contributed by atoms with Gasteiger partial charge < -0.3 is 4.74 Å². The highest BCUT2D eigenvalue weighted by Gasteiger charge is 2.36. The van der Waals surface area contributed by atoms with Gasteiger partial charge in [0.1, 0.15) is 12.4 Å². The number of hydrogen-bond acceptors (Lipinski definition) is 3. The molecule has 1 unspecified atom stereocenters. The van der Waals surface area contributed by atoms with E-state index in [0.29, 0.717) is 12.0 Å². The molecule has 1 fully saturated rings. The SMILES string of the molecule is O=C(/C=C/c1ccc(F)cc1)N1C(=O)OCC1Cc1ccccc1.[B]C. The van der Waals surface area contributed by atoms with E-state index in [9.17, 15) is 14.0 Å². The average molecular weight is 351 g/mol. The van der Waals surface area contributed by atoms with Crippen LogP contribution in [0.15, 0.2) is 60.7 Å². The zero-order chi connectivity index (χ0) is 18.9. The second-order valence-corrected chi connectivity index (χ2v) is 5.51. The first-order chi connectivity index (χ1) is 12.6. The Bertz CT molecular complexity index is 762. The maximum absolute atomic E-state index is 12.9. The third-order valence-corrected chi connectivity index (χ3v) is 3.80. The van der Waals surface area contributed by atoms with E-state index in [-0.39, 0.29) is 18.5 Å². The summed E-state index contributed by atoms with van der Waals surface area (Å²) in [6, 6.07) is 15.0. The molecule has 2 amide bonds. The summed E-state index contributed by atoms with van der Waals surface area (Å²) in [4.78, 5) is 25.4. The van der Waals surface area contributed by atoms with Crippen molar-refractivity contribution in [3.05, 3.63) is 77.6 Å². The molecule has 0 spiro atoms. The van der Waals surface area contributed by atoms with Crippen LogP contribution in [0.25, 0.3) is 6.08 Å². The Labute approximate surface area is 153 Å². The van der Waals surface area contributed by atoms with Crippen molar-refractivity contribution in [3.8, 4) is 0 Å². The van der Waals surface area contributed by atoms with Gasteiger partial charge in [-0.2, -0.15) is 0 Å². The number of carbonyl (C=O) groups is 2. The van der Waals surface area contributed by atoms with Gasteiger partial charge in [-0.1, -0.05) is 49.3 Å². The van der Waals surface area contributed by atoms with Crippen molar-refractivity contribution in [1.82, 2.24) is 4.90 Å². The summed E-state index contributed by atoms with van der Waals surface area (Å²) in [5, 5.41) is 0. The van der Waals surface area contributed by atoms with Crippen molar-refractivity contribution < 1.29 is 18.7 Å². The van der Waals surface area contributed by atoms with Crippen LogP contribution in [0, 0.1) is 5.82 Å². The van der Waals surface area contributed by atoms with Gasteiger partial charge in [0, 0.05) is 6.08 Å². The predicted octanol–water partition coefficient (Wildman–Crippen LogP) is 3.63. The Hall–Kier alpha value is -2.89. The first-order valence-electron chi connectivity index (χ1n) is 8.19. The quantitative estimate of drug-likeness (QED) is 0.624. The normalized spacial score (nSPS) is 16.2. The Morgan fingerprint density at radius 3 is 2.50 bits per heavy atom. The van der Waals surface area contributed by atoms with Gasteiger partial charge in [-0.15, -0.1) is 0 Å². The van der Waals surface area contributed by atoms with Crippen LogP contribution in [-0.2, 0) is 16.0 Å². The van der Waals surface area contributed by atoms with Crippen LogP contribution in [0.4, 0.5) is 9.18 Å². The lowest BCUT2D eigenvalue weighted by Gasteiger charge is -2.18. The van der Waals surface area contributed by atoms with Gasteiger partial charge in [0.25, 0.3) is 5.91 Å². The number of ether oxygens (including phenoxy) is 1. The summed E-state index contributed by atoms with van der Waals surface area (Å²) < 4.78 is 17.9. The van der Waals surface area contributed by atoms with Crippen molar-refractivity contribution in [3.63, 3.8) is 0 Å². The molecule has 1 aliphatic heterocycles. The van der Waals surface area contributed by atoms with Gasteiger partial charge in [-0.3, -0.25) is 4.79 Å². The molecule has 0 bridgehead atoms. The Kier molecular flexibility index (Phi) is 7.15. The van der Waals surface area contributed by atoms with E-state index in [1.807, 2.05) is 30.3 Å². The van der Waals surface area contributed by atoms with E-state index in [0.717, 1.165) is 10.5 Å². The molecule has 0 saturated carbocycles. The van der Waals surface area contributed by atoms with Crippen molar-refractivity contribution in [1.29, 1.82) is 0 Å². The number of halogens is 1. The third kappa shape index (κ3) is 5.05. The third-order valence-electron chi connectivity index (χ3n) is 3.80. The fourth-order valence-electron chi connectivity index (χ4n) is 2.59. The largest absolute Gasteiger partial charge is 0.447 e. The van der Waals surface area contributed by atoms with Crippen LogP contribution < -0.4 is 0 Å². The van der Waals surface area contributed by atoms with Crippen molar-refractivity contribution in [2.24, 2.45) is 0 Å². The minimum Gasteiger partial charge on any atom is -0.447 e. The molecule has 1 saturated heterocycles. The fraction of sp³-hybridized carbons (Fsp3) is 0.200. The topological polar surface area (TPSA) is 46.6 Å². The molecule has 132 valence electrons. The average Bonchev–Trinajstić information content (AvgIpc) is 3.04. The number of benzene rings is 2. The van der Waals surface area contributed by atoms with Crippen LogP contribution in [0.2, 0.25) is 6.82 Å². The molecule has 6 heteroatoms. The maximum Gasteiger partial charge on any atom is 0.417 e. The van der Waals surface area contributed by atoms with E-state index < -0.39 is 12.0 Å². The minimum absolute atomic E-state index is 0.184. The molecule has 26 heavy (non-hydrogen) atoms. The van der Waals surface area contributed by atoms with Crippen LogP contribution in [0.5, 0.6) is 0 Å². The lowest BCUT2D eigenvalue weighted by atomic mass is 10.1. The molecule has 1 atom stereocenters. The second-order valence-electron chi connectivity index (χ2n) is 5.51. The van der Waals surface area contributed by atoms with Crippen LogP contribution >= 0.6 is 0 Å². The maximum atomic E-state index is 12.9.